The topological polar surface area (TPSA) is 0 Å². The van der Waals surface area contributed by atoms with Crippen LogP contribution in [0.15, 0.2) is 65.6 Å². The van der Waals surface area contributed by atoms with Gasteiger partial charge in [0.25, 0.3) is 0 Å². The summed E-state index contributed by atoms with van der Waals surface area (Å²) >= 11 is 1.45. The average molecular weight is 294 g/mol. The molecule has 0 atom stereocenters. The van der Waals surface area contributed by atoms with Crippen molar-refractivity contribution in [1.82, 2.24) is 0 Å². The van der Waals surface area contributed by atoms with E-state index in [2.05, 4.69) is 0 Å². The number of thioether (sulfide) groups is 1. The van der Waals surface area contributed by atoms with Gasteiger partial charge in [-0.3, -0.25) is 0 Å². The first kappa shape index (κ1) is 14.7. The molecule has 0 saturated carbocycles. The Morgan fingerprint density at radius 2 is 1.55 bits per heavy atom. The SMILES string of the molecule is C/C=C(\Sc1ccc(C(F)(F)F)cc1)c1ccccc1. The van der Waals surface area contributed by atoms with Gasteiger partial charge in [-0.25, -0.2) is 0 Å². The second-order valence-electron chi connectivity index (χ2n) is 4.14. The second-order valence-corrected chi connectivity index (χ2v) is 5.26. The standard InChI is InChI=1S/C16H13F3S/c1-2-15(12-6-4-3-5-7-12)20-14-10-8-13(9-11-14)16(17,18)19/h2-11H,1H3/b15-2-. The molecule has 0 radical (unpaired) electrons. The summed E-state index contributed by atoms with van der Waals surface area (Å²) in [6.07, 6.45) is -2.33. The lowest BCUT2D eigenvalue weighted by Crippen LogP contribution is -2.03. The monoisotopic (exact) mass is 294 g/mol. The normalized spacial score (nSPS) is 12.5. The van der Waals surface area contributed by atoms with Gasteiger partial charge in [-0.2, -0.15) is 13.2 Å². The van der Waals surface area contributed by atoms with Crippen LogP contribution in [-0.2, 0) is 6.18 Å². The highest BCUT2D eigenvalue weighted by molar-refractivity contribution is 8.08. The van der Waals surface area contributed by atoms with Crippen molar-refractivity contribution in [3.8, 4) is 0 Å². The molecule has 0 heterocycles. The van der Waals surface area contributed by atoms with Gasteiger partial charge in [0.05, 0.1) is 5.56 Å². The van der Waals surface area contributed by atoms with E-state index in [9.17, 15) is 13.2 Å². The third-order valence-corrected chi connectivity index (χ3v) is 3.93. The van der Waals surface area contributed by atoms with Crippen LogP contribution in [0, 0.1) is 0 Å². The molecule has 104 valence electrons. The van der Waals surface area contributed by atoms with Crippen LogP contribution in [-0.4, -0.2) is 0 Å². The van der Waals surface area contributed by atoms with E-state index in [0.717, 1.165) is 27.5 Å². The Hall–Kier alpha value is -1.68. The number of rotatable bonds is 3. The van der Waals surface area contributed by atoms with E-state index in [1.54, 1.807) is 0 Å². The minimum atomic E-state index is -4.29. The van der Waals surface area contributed by atoms with Gasteiger partial charge in [0, 0.05) is 9.80 Å². The van der Waals surface area contributed by atoms with E-state index in [-0.39, 0.29) is 0 Å². The predicted octanol–water partition coefficient (Wildman–Crippen LogP) is 5.86. The van der Waals surface area contributed by atoms with Gasteiger partial charge in [0.1, 0.15) is 0 Å². The lowest BCUT2D eigenvalue weighted by molar-refractivity contribution is -0.137. The van der Waals surface area contributed by atoms with E-state index >= 15 is 0 Å². The molecule has 2 aromatic carbocycles. The highest BCUT2D eigenvalue weighted by Gasteiger charge is 2.29. The summed E-state index contributed by atoms with van der Waals surface area (Å²) in [5, 5.41) is 0. The van der Waals surface area contributed by atoms with Crippen LogP contribution in [0.25, 0.3) is 4.91 Å². The van der Waals surface area contributed by atoms with Crippen LogP contribution >= 0.6 is 11.8 Å². The van der Waals surface area contributed by atoms with Crippen molar-refractivity contribution in [3.05, 3.63) is 71.8 Å². The third kappa shape index (κ3) is 3.67. The molecule has 0 aliphatic rings. The fourth-order valence-electron chi connectivity index (χ4n) is 1.73. The molecule has 0 N–H and O–H groups in total. The van der Waals surface area contributed by atoms with Crippen LogP contribution in [0.1, 0.15) is 18.1 Å². The van der Waals surface area contributed by atoms with E-state index in [0.29, 0.717) is 0 Å². The molecule has 0 bridgehead atoms. The molecule has 2 aromatic rings. The Kier molecular flexibility index (Phi) is 4.55. The third-order valence-electron chi connectivity index (χ3n) is 2.73. The molecule has 0 aliphatic heterocycles. The molecule has 20 heavy (non-hydrogen) atoms. The molecule has 0 aliphatic carbocycles. The minimum absolute atomic E-state index is 0.622. The smallest absolute Gasteiger partial charge is 0.166 e. The van der Waals surface area contributed by atoms with Crippen molar-refractivity contribution in [3.63, 3.8) is 0 Å². The van der Waals surface area contributed by atoms with Crippen molar-refractivity contribution in [2.45, 2.75) is 18.0 Å². The van der Waals surface area contributed by atoms with Crippen molar-refractivity contribution >= 4 is 16.7 Å². The first-order chi connectivity index (χ1) is 9.50. The zero-order chi connectivity index (χ0) is 14.6. The number of hydrogen-bond acceptors (Lipinski definition) is 1. The number of halogens is 3. The summed E-state index contributed by atoms with van der Waals surface area (Å²) in [6.45, 7) is 1.92. The molecule has 0 fully saturated rings. The van der Waals surface area contributed by atoms with Crippen LogP contribution in [0.5, 0.6) is 0 Å². The molecular weight excluding hydrogens is 281 g/mol. The average Bonchev–Trinajstić information content (AvgIpc) is 2.45. The first-order valence-corrected chi connectivity index (χ1v) is 6.89. The second kappa shape index (κ2) is 6.18. The molecule has 0 unspecified atom stereocenters. The molecule has 0 saturated heterocycles. The number of allylic oxidation sites excluding steroid dienone is 1. The highest BCUT2D eigenvalue weighted by Crippen LogP contribution is 2.36. The summed E-state index contributed by atoms with van der Waals surface area (Å²) in [6, 6.07) is 15.0. The van der Waals surface area contributed by atoms with Crippen molar-refractivity contribution < 1.29 is 13.2 Å². The lowest BCUT2D eigenvalue weighted by atomic mass is 10.2. The van der Waals surface area contributed by atoms with Crippen LogP contribution in [0.4, 0.5) is 13.2 Å². The van der Waals surface area contributed by atoms with Crippen LogP contribution in [0.3, 0.4) is 0 Å². The van der Waals surface area contributed by atoms with Gasteiger partial charge in [-0.1, -0.05) is 48.2 Å². The van der Waals surface area contributed by atoms with Crippen molar-refractivity contribution in [1.29, 1.82) is 0 Å². The van der Waals surface area contributed by atoms with E-state index < -0.39 is 11.7 Å². The fourth-order valence-corrected chi connectivity index (χ4v) is 2.62. The van der Waals surface area contributed by atoms with E-state index in [1.807, 2.05) is 43.3 Å². The Morgan fingerprint density at radius 1 is 0.950 bits per heavy atom. The van der Waals surface area contributed by atoms with Gasteiger partial charge in [0.15, 0.2) is 0 Å². The zero-order valence-corrected chi connectivity index (χ0v) is 11.6. The van der Waals surface area contributed by atoms with Gasteiger partial charge < -0.3 is 0 Å². The lowest BCUT2D eigenvalue weighted by Gasteiger charge is -2.09. The maximum absolute atomic E-state index is 12.5. The molecule has 2 rings (SSSR count). The Bertz CT molecular complexity index is 583. The summed E-state index contributed by atoms with van der Waals surface area (Å²) in [7, 11) is 0. The largest absolute Gasteiger partial charge is 0.416 e. The summed E-state index contributed by atoms with van der Waals surface area (Å²) in [5.41, 5.74) is 0.434. The molecule has 0 spiro atoms. The highest BCUT2D eigenvalue weighted by atomic mass is 32.2. The predicted molar refractivity (Wildman–Crippen MR) is 77.4 cm³/mol. The van der Waals surface area contributed by atoms with Gasteiger partial charge >= 0.3 is 6.18 Å². The molecule has 0 nitrogen and oxygen atoms in total. The number of hydrogen-bond donors (Lipinski definition) is 0. The number of alkyl halides is 3. The fraction of sp³-hybridized carbons (Fsp3) is 0.125. The number of benzene rings is 2. The Labute approximate surface area is 120 Å². The molecule has 0 aromatic heterocycles. The van der Waals surface area contributed by atoms with Gasteiger partial charge in [-0.15, -0.1) is 0 Å². The molecule has 0 amide bonds. The van der Waals surface area contributed by atoms with Crippen molar-refractivity contribution in [2.24, 2.45) is 0 Å². The summed E-state index contributed by atoms with van der Waals surface area (Å²) < 4.78 is 37.5. The summed E-state index contributed by atoms with van der Waals surface area (Å²) in [5.74, 6) is 0. The first-order valence-electron chi connectivity index (χ1n) is 6.07. The van der Waals surface area contributed by atoms with Crippen LogP contribution < -0.4 is 0 Å². The molecular formula is C16H13F3S. The Balaban J connectivity index is 2.17. The Morgan fingerprint density at radius 3 is 2.05 bits per heavy atom. The van der Waals surface area contributed by atoms with Gasteiger partial charge in [0.2, 0.25) is 0 Å². The minimum Gasteiger partial charge on any atom is -0.166 e. The van der Waals surface area contributed by atoms with E-state index in [4.69, 9.17) is 0 Å². The van der Waals surface area contributed by atoms with Crippen molar-refractivity contribution in [2.75, 3.05) is 0 Å². The molecule has 4 heteroatoms. The maximum atomic E-state index is 12.5. The van der Waals surface area contributed by atoms with Gasteiger partial charge in [-0.05, 0) is 36.8 Å². The maximum Gasteiger partial charge on any atom is 0.416 e. The zero-order valence-electron chi connectivity index (χ0n) is 10.8. The van der Waals surface area contributed by atoms with E-state index in [1.165, 1.54) is 23.9 Å². The summed E-state index contributed by atoms with van der Waals surface area (Å²) in [4.78, 5) is 1.81. The van der Waals surface area contributed by atoms with Crippen LogP contribution in [0.2, 0.25) is 0 Å². The quantitative estimate of drug-likeness (QED) is 0.639.